The van der Waals surface area contributed by atoms with Crippen molar-refractivity contribution >= 4 is 0 Å². The van der Waals surface area contributed by atoms with Crippen LogP contribution in [0.4, 0.5) is 0 Å². The van der Waals surface area contributed by atoms with E-state index >= 15 is 0 Å². The van der Waals surface area contributed by atoms with Crippen molar-refractivity contribution < 1.29 is 26.2 Å². The first-order chi connectivity index (χ1) is 26.8. The van der Waals surface area contributed by atoms with E-state index in [9.17, 15) is 5.11 Å². The van der Waals surface area contributed by atoms with Crippen LogP contribution >= 0.6 is 0 Å². The maximum Gasteiger partial charge on any atom is 0.124 e. The molecule has 58 heavy (non-hydrogen) atoms. The number of aromatic hydroxyl groups is 1. The average molecular weight is 943 g/mol. The average Bonchev–Trinajstić information content (AvgIpc) is 3.16. The number of hydrogen-bond donors (Lipinski definition) is 1. The third kappa shape index (κ3) is 9.11. The number of hydrogen-bond acceptors (Lipinski definition) is 3. The summed E-state index contributed by atoms with van der Waals surface area (Å²) in [4.78, 5) is 10.5. The van der Waals surface area contributed by atoms with E-state index in [2.05, 4.69) is 179 Å². The van der Waals surface area contributed by atoms with Crippen LogP contribution in [0.5, 0.6) is 5.75 Å². The first-order valence-electron chi connectivity index (χ1n) is 20.0. The number of para-hydroxylation sites is 1. The molecule has 0 aliphatic rings. The monoisotopic (exact) mass is 942 g/mol. The van der Waals surface area contributed by atoms with Gasteiger partial charge in [-0.2, -0.15) is 0 Å². The van der Waals surface area contributed by atoms with E-state index < -0.39 is 0 Å². The van der Waals surface area contributed by atoms with Crippen LogP contribution in [0.3, 0.4) is 0 Å². The molecule has 1 N–H and O–H groups in total. The smallest absolute Gasteiger partial charge is 0.124 e. The minimum Gasteiger partial charge on any atom is -0.507 e. The molecule has 0 bridgehead atoms. The van der Waals surface area contributed by atoms with Crippen molar-refractivity contribution in [2.75, 3.05) is 0 Å². The van der Waals surface area contributed by atoms with Gasteiger partial charge in [-0.25, -0.2) is 0 Å². The first-order valence-corrected chi connectivity index (χ1v) is 20.0. The molecule has 0 aliphatic heterocycles. The van der Waals surface area contributed by atoms with Crippen LogP contribution in [0.2, 0.25) is 0 Å². The fourth-order valence-corrected chi connectivity index (χ4v) is 7.51. The van der Waals surface area contributed by atoms with Crippen LogP contribution in [-0.4, -0.2) is 15.1 Å². The molecule has 3 nitrogen and oxygen atoms in total. The van der Waals surface area contributed by atoms with E-state index in [0.29, 0.717) is 11.3 Å². The van der Waals surface area contributed by atoms with Crippen molar-refractivity contribution in [3.05, 3.63) is 161 Å². The van der Waals surface area contributed by atoms with Crippen molar-refractivity contribution in [2.45, 2.75) is 92.4 Å². The predicted octanol–water partition coefficient (Wildman–Crippen LogP) is 14.5. The third-order valence-corrected chi connectivity index (χ3v) is 10.9. The van der Waals surface area contributed by atoms with E-state index in [0.717, 1.165) is 50.5 Å². The van der Waals surface area contributed by atoms with Crippen LogP contribution in [-0.2, 0) is 37.3 Å². The largest absolute Gasteiger partial charge is 0.507 e. The number of benzene rings is 5. The van der Waals surface area contributed by atoms with Crippen LogP contribution in [0, 0.1) is 19.9 Å². The van der Waals surface area contributed by atoms with Crippen LogP contribution in [0.25, 0.3) is 67.3 Å². The number of aryl methyl sites for hydroxylation is 2. The van der Waals surface area contributed by atoms with Gasteiger partial charge in [-0.3, -0.25) is 9.97 Å². The van der Waals surface area contributed by atoms with Gasteiger partial charge in [0.25, 0.3) is 0 Å². The minimum absolute atomic E-state index is 0. The Morgan fingerprint density at radius 3 is 1.43 bits per heavy atom. The van der Waals surface area contributed by atoms with Gasteiger partial charge in [0, 0.05) is 38.0 Å². The zero-order valence-electron chi connectivity index (χ0n) is 35.8. The van der Waals surface area contributed by atoms with Gasteiger partial charge in [0.1, 0.15) is 5.75 Å². The summed E-state index contributed by atoms with van der Waals surface area (Å²) >= 11 is 0. The van der Waals surface area contributed by atoms with E-state index in [4.69, 9.17) is 9.97 Å². The molecule has 0 aliphatic carbocycles. The molecule has 0 spiro atoms. The molecule has 0 saturated carbocycles. The molecule has 0 fully saturated rings. The fourth-order valence-electron chi connectivity index (χ4n) is 7.51. The molecule has 2 heterocycles. The molecule has 7 aromatic rings. The molecular weight excluding hydrogens is 888 g/mol. The number of nitrogens with zero attached hydrogens (tertiary/aromatic N) is 2. The van der Waals surface area contributed by atoms with Gasteiger partial charge in [0.05, 0.1) is 11.4 Å². The number of rotatable bonds is 6. The van der Waals surface area contributed by atoms with Gasteiger partial charge in [-0.05, 0) is 110 Å². The van der Waals surface area contributed by atoms with Gasteiger partial charge in [-0.15, -0.1) is 24.3 Å². The summed E-state index contributed by atoms with van der Waals surface area (Å²) in [6.45, 7) is 24.8. The van der Waals surface area contributed by atoms with E-state index in [1.807, 2.05) is 24.3 Å². The van der Waals surface area contributed by atoms with E-state index in [1.165, 1.54) is 33.4 Å². The van der Waals surface area contributed by atoms with Crippen LogP contribution in [0.15, 0.2) is 127 Å². The summed E-state index contributed by atoms with van der Waals surface area (Å²) in [6, 6.07) is 48.1. The molecule has 0 amide bonds. The quantitative estimate of drug-likeness (QED) is 0.169. The van der Waals surface area contributed by atoms with Gasteiger partial charge in [-0.1, -0.05) is 158 Å². The molecule has 5 aromatic carbocycles. The topological polar surface area (TPSA) is 46.0 Å². The van der Waals surface area contributed by atoms with Crippen molar-refractivity contribution in [1.82, 2.24) is 9.97 Å². The second-order valence-corrected chi connectivity index (χ2v) is 18.6. The van der Waals surface area contributed by atoms with Gasteiger partial charge in [0.2, 0.25) is 0 Å². The summed E-state index contributed by atoms with van der Waals surface area (Å²) in [5.41, 5.74) is 17.6. The number of phenolic OH excluding ortho intramolecular Hbond substituents is 1. The van der Waals surface area contributed by atoms with E-state index in [1.54, 1.807) is 6.07 Å². The zero-order chi connectivity index (χ0) is 40.9. The standard InChI is InChI=1S/C54H55N2O.Pt/c1-34-24-42(52(3,4)5)25-35(2)51(34)41-31-46(36-18-13-12-14-19-36)55-48(32-41)38-21-17-20-37(26-38)47-29-40(30-49(56-47)45-22-15-16-23-50(45)57)39-27-43(53(6,7)8)33-44(28-39)54(9,10)11;/h12-25,27-33,57H,1-11H3;/q-1;. The van der Waals surface area contributed by atoms with E-state index in [-0.39, 0.29) is 43.1 Å². The fraction of sp³-hybridized carbons (Fsp3) is 0.259. The third-order valence-electron chi connectivity index (χ3n) is 10.9. The van der Waals surface area contributed by atoms with Gasteiger partial charge < -0.3 is 5.11 Å². The molecule has 4 heteroatoms. The Labute approximate surface area is 361 Å². The molecule has 298 valence electrons. The van der Waals surface area contributed by atoms with Crippen molar-refractivity contribution in [1.29, 1.82) is 0 Å². The molecule has 7 rings (SSSR count). The second-order valence-electron chi connectivity index (χ2n) is 18.6. The molecule has 0 atom stereocenters. The number of aromatic nitrogens is 2. The Balaban J connectivity index is 0.00000567. The molecule has 0 radical (unpaired) electrons. The van der Waals surface area contributed by atoms with Gasteiger partial charge >= 0.3 is 0 Å². The maximum atomic E-state index is 11.1. The number of phenols is 1. The van der Waals surface area contributed by atoms with Crippen LogP contribution < -0.4 is 0 Å². The minimum atomic E-state index is -0.0413. The normalized spacial score (nSPS) is 12.0. The Morgan fingerprint density at radius 2 is 0.879 bits per heavy atom. The Kier molecular flexibility index (Phi) is 11.9. The second kappa shape index (κ2) is 16.3. The molecular formula is C54H55N2OPt-. The Bertz CT molecular complexity index is 2550. The van der Waals surface area contributed by atoms with Crippen LogP contribution in [0.1, 0.15) is 90.1 Å². The first kappa shape index (κ1) is 42.5. The SMILES string of the molecule is Cc1cc(C(C)(C)C)cc(C)c1-c1cc(-c2[c-]c(-c3cc(-c4cc(C(C)(C)C)cc(C(C)(C)C)c4)cc(-c4ccccc4O)n3)ccc2)nc(-c2ccccc2)c1.[Pt]. The molecule has 2 aromatic heterocycles. The summed E-state index contributed by atoms with van der Waals surface area (Å²) < 4.78 is 0. The van der Waals surface area contributed by atoms with Crippen molar-refractivity contribution in [3.63, 3.8) is 0 Å². The summed E-state index contributed by atoms with van der Waals surface area (Å²) in [5, 5.41) is 11.1. The predicted molar refractivity (Wildman–Crippen MR) is 241 cm³/mol. The summed E-state index contributed by atoms with van der Waals surface area (Å²) in [6.07, 6.45) is 0. The maximum absolute atomic E-state index is 11.1. The van der Waals surface area contributed by atoms with Gasteiger partial charge in [0.15, 0.2) is 0 Å². The number of pyridine rings is 2. The summed E-state index contributed by atoms with van der Waals surface area (Å²) in [7, 11) is 0. The molecule has 0 saturated heterocycles. The summed E-state index contributed by atoms with van der Waals surface area (Å²) in [5.74, 6) is 0.195. The van der Waals surface area contributed by atoms with Crippen molar-refractivity contribution in [2.24, 2.45) is 0 Å². The Hall–Kier alpha value is -5.11. The zero-order valence-corrected chi connectivity index (χ0v) is 38.1. The Morgan fingerprint density at radius 1 is 0.431 bits per heavy atom. The molecule has 0 unspecified atom stereocenters. The van der Waals surface area contributed by atoms with Crippen molar-refractivity contribution in [3.8, 4) is 73.0 Å².